The highest BCUT2D eigenvalue weighted by atomic mass is 32.2. The van der Waals surface area contributed by atoms with Crippen LogP contribution in [0.2, 0.25) is 0 Å². The van der Waals surface area contributed by atoms with Crippen molar-refractivity contribution in [1.29, 1.82) is 0 Å². The second-order valence-corrected chi connectivity index (χ2v) is 9.67. The Morgan fingerprint density at radius 3 is 2.65 bits per heavy atom. The molecule has 1 atom stereocenters. The van der Waals surface area contributed by atoms with Crippen LogP contribution in [0.4, 0.5) is 0 Å². The van der Waals surface area contributed by atoms with E-state index in [2.05, 4.69) is 88.0 Å². The first kappa shape index (κ1) is 21.4. The van der Waals surface area contributed by atoms with Crippen molar-refractivity contribution in [3.8, 4) is 0 Å². The van der Waals surface area contributed by atoms with Gasteiger partial charge in [0.25, 0.3) is 0 Å². The van der Waals surface area contributed by atoms with E-state index in [1.807, 2.05) is 17.8 Å². The molecule has 0 bridgehead atoms. The third-order valence-corrected chi connectivity index (χ3v) is 7.82. The third kappa shape index (κ3) is 4.18. The maximum absolute atomic E-state index is 10.6. The van der Waals surface area contributed by atoms with E-state index in [4.69, 9.17) is 0 Å². The van der Waals surface area contributed by atoms with Gasteiger partial charge in [-0.1, -0.05) is 97.6 Å². The number of carbonyl (C=O) groups excluding carboxylic acids is 1. The zero-order chi connectivity index (χ0) is 22.0. The van der Waals surface area contributed by atoms with Gasteiger partial charge in [0.15, 0.2) is 0 Å². The lowest BCUT2D eigenvalue weighted by Crippen LogP contribution is -2.20. The van der Waals surface area contributed by atoms with Crippen LogP contribution in [0.1, 0.15) is 41.2 Å². The van der Waals surface area contributed by atoms with Crippen LogP contribution in [-0.4, -0.2) is 6.29 Å². The molecule has 0 amide bonds. The highest BCUT2D eigenvalue weighted by Crippen LogP contribution is 2.60. The topological polar surface area (TPSA) is 17.1 Å². The summed E-state index contributed by atoms with van der Waals surface area (Å²) in [4.78, 5) is 13.3. The van der Waals surface area contributed by atoms with E-state index in [1.165, 1.54) is 43.7 Å². The molecular formula is C29H28OS. The first-order valence-corrected chi connectivity index (χ1v) is 11.5. The van der Waals surface area contributed by atoms with Gasteiger partial charge in [0, 0.05) is 15.2 Å². The van der Waals surface area contributed by atoms with Crippen LogP contribution in [0.15, 0.2) is 88.7 Å². The Bertz CT molecular complexity index is 1160. The molecule has 1 aliphatic heterocycles. The average molecular weight is 425 g/mol. The Hall–Kier alpha value is -2.84. The molecule has 0 saturated carbocycles. The molecule has 1 aliphatic carbocycles. The predicted octanol–water partition coefficient (Wildman–Crippen LogP) is 7.62. The molecule has 4 rings (SSSR count). The van der Waals surface area contributed by atoms with E-state index in [1.54, 1.807) is 0 Å². The Labute approximate surface area is 190 Å². The van der Waals surface area contributed by atoms with E-state index in [0.717, 1.165) is 30.3 Å². The lowest BCUT2D eigenvalue weighted by molar-refractivity contribution is -0.104. The minimum absolute atomic E-state index is 0.0202. The van der Waals surface area contributed by atoms with Crippen molar-refractivity contribution < 1.29 is 4.79 Å². The molecule has 1 unspecified atom stereocenters. The summed E-state index contributed by atoms with van der Waals surface area (Å²) in [5.41, 5.74) is 8.70. The maximum atomic E-state index is 10.6. The minimum atomic E-state index is 0.0202. The van der Waals surface area contributed by atoms with Crippen molar-refractivity contribution in [2.75, 3.05) is 0 Å². The summed E-state index contributed by atoms with van der Waals surface area (Å²) in [5.74, 6) is 0. The van der Waals surface area contributed by atoms with Gasteiger partial charge in [-0.3, -0.25) is 4.79 Å². The summed E-state index contributed by atoms with van der Waals surface area (Å²) in [7, 11) is 0. The van der Waals surface area contributed by atoms with Crippen LogP contribution in [0.5, 0.6) is 0 Å². The number of hydrogen-bond acceptors (Lipinski definition) is 2. The molecule has 156 valence electrons. The zero-order valence-electron chi connectivity index (χ0n) is 18.4. The molecule has 0 saturated heterocycles. The highest BCUT2D eigenvalue weighted by Gasteiger charge is 2.42. The molecule has 2 heteroatoms. The van der Waals surface area contributed by atoms with E-state index in [9.17, 15) is 4.79 Å². The van der Waals surface area contributed by atoms with Crippen molar-refractivity contribution in [2.45, 2.75) is 33.6 Å². The van der Waals surface area contributed by atoms with Crippen molar-refractivity contribution in [1.82, 2.24) is 0 Å². The molecule has 0 spiro atoms. The number of thioether (sulfide) groups is 1. The fraction of sp³-hybridized carbons (Fsp3) is 0.207. The fourth-order valence-corrected chi connectivity index (χ4v) is 5.93. The number of carbonyl (C=O) groups is 1. The van der Waals surface area contributed by atoms with Gasteiger partial charge >= 0.3 is 0 Å². The van der Waals surface area contributed by atoms with Gasteiger partial charge in [-0.15, -0.1) is 0 Å². The average Bonchev–Trinajstić information content (AvgIpc) is 3.05. The van der Waals surface area contributed by atoms with E-state index in [0.29, 0.717) is 0 Å². The van der Waals surface area contributed by atoms with Gasteiger partial charge in [-0.05, 0) is 66.2 Å². The monoisotopic (exact) mass is 424 g/mol. The molecule has 2 aromatic rings. The van der Waals surface area contributed by atoms with Gasteiger partial charge in [-0.25, -0.2) is 0 Å². The van der Waals surface area contributed by atoms with Crippen molar-refractivity contribution in [3.63, 3.8) is 0 Å². The normalized spacial score (nSPS) is 20.2. The molecule has 31 heavy (non-hydrogen) atoms. The number of allylic oxidation sites excluding steroid dienone is 7. The van der Waals surface area contributed by atoms with Gasteiger partial charge in [0.1, 0.15) is 6.29 Å². The molecule has 0 aromatic heterocycles. The van der Waals surface area contributed by atoms with Gasteiger partial charge in [0.05, 0.1) is 0 Å². The lowest BCUT2D eigenvalue weighted by Gasteiger charge is -2.30. The number of benzene rings is 2. The van der Waals surface area contributed by atoms with Crippen molar-refractivity contribution in [2.24, 2.45) is 5.41 Å². The number of aryl methyl sites for hydroxylation is 2. The summed E-state index contributed by atoms with van der Waals surface area (Å²) in [6.07, 6.45) is 12.8. The second kappa shape index (κ2) is 8.72. The molecule has 0 N–H and O–H groups in total. The molecule has 1 heterocycles. The standard InChI is InChI=1S/C29H28OS/c1-20-10-15-25(21(2)18-20)22(3)28-26(29(4)16-6-5-9-27(29)31-28)19-24-13-11-23(12-14-24)8-7-17-30/h5-15,17-18H,3,16,19H2,1-2,4H3/b8-7+. The maximum Gasteiger partial charge on any atom is 0.142 e. The van der Waals surface area contributed by atoms with Gasteiger partial charge in [0.2, 0.25) is 0 Å². The minimum Gasteiger partial charge on any atom is -0.299 e. The molecule has 2 aromatic carbocycles. The fourth-order valence-electron chi connectivity index (χ4n) is 4.48. The Morgan fingerprint density at radius 2 is 1.94 bits per heavy atom. The van der Waals surface area contributed by atoms with E-state index < -0.39 is 0 Å². The first-order valence-electron chi connectivity index (χ1n) is 10.7. The Morgan fingerprint density at radius 1 is 1.16 bits per heavy atom. The van der Waals surface area contributed by atoms with Crippen LogP contribution in [0, 0.1) is 19.3 Å². The quantitative estimate of drug-likeness (QED) is 0.350. The summed E-state index contributed by atoms with van der Waals surface area (Å²) in [5, 5.41) is 0. The summed E-state index contributed by atoms with van der Waals surface area (Å²) in [6, 6.07) is 15.1. The highest BCUT2D eigenvalue weighted by molar-refractivity contribution is 8.07. The van der Waals surface area contributed by atoms with Crippen LogP contribution in [0.3, 0.4) is 0 Å². The Kier molecular flexibility index (Phi) is 6.02. The van der Waals surface area contributed by atoms with E-state index in [-0.39, 0.29) is 5.41 Å². The number of rotatable bonds is 6. The van der Waals surface area contributed by atoms with Crippen LogP contribution < -0.4 is 0 Å². The molecular weight excluding hydrogens is 396 g/mol. The lowest BCUT2D eigenvalue weighted by atomic mass is 9.73. The molecule has 0 fully saturated rings. The van der Waals surface area contributed by atoms with Crippen LogP contribution in [0.25, 0.3) is 11.6 Å². The van der Waals surface area contributed by atoms with Crippen molar-refractivity contribution >= 4 is 29.7 Å². The largest absolute Gasteiger partial charge is 0.299 e. The molecule has 1 nitrogen and oxygen atoms in total. The van der Waals surface area contributed by atoms with Crippen LogP contribution >= 0.6 is 11.8 Å². The summed E-state index contributed by atoms with van der Waals surface area (Å²) in [6.45, 7) is 11.2. The molecule has 2 aliphatic rings. The first-order chi connectivity index (χ1) is 14.9. The van der Waals surface area contributed by atoms with Gasteiger partial charge in [-0.2, -0.15) is 0 Å². The summed E-state index contributed by atoms with van der Waals surface area (Å²) >= 11 is 1.89. The number of fused-ring (bicyclic) bond motifs is 1. The van der Waals surface area contributed by atoms with E-state index >= 15 is 0 Å². The van der Waals surface area contributed by atoms with Gasteiger partial charge < -0.3 is 0 Å². The molecule has 0 radical (unpaired) electrons. The van der Waals surface area contributed by atoms with Crippen molar-refractivity contribution in [3.05, 3.63) is 117 Å². The van der Waals surface area contributed by atoms with Crippen LogP contribution in [-0.2, 0) is 11.2 Å². The SMILES string of the molecule is C=C(C1=C(Cc2ccc(/C=C/C=O)cc2)C2(C)CC=CC=C2S1)c1ccc(C)cc1C. The predicted molar refractivity (Wildman–Crippen MR) is 135 cm³/mol. The second-order valence-electron chi connectivity index (χ2n) is 8.62. The summed E-state index contributed by atoms with van der Waals surface area (Å²) < 4.78 is 0. The number of aldehydes is 1. The smallest absolute Gasteiger partial charge is 0.142 e. The zero-order valence-corrected chi connectivity index (χ0v) is 19.3. The number of hydrogen-bond donors (Lipinski definition) is 0. The third-order valence-electron chi connectivity index (χ3n) is 6.31. The Balaban J connectivity index is 1.74.